The van der Waals surface area contributed by atoms with Gasteiger partial charge < -0.3 is 5.32 Å². The molecule has 1 aliphatic rings. The largest absolute Gasteiger partial charge is 0.315 e. The molecular formula is C11H20ClN3S. The molecule has 5 heteroatoms. The maximum atomic E-state index is 4.61. The average molecular weight is 262 g/mol. The van der Waals surface area contributed by atoms with Crippen LogP contribution in [0.1, 0.15) is 24.0 Å². The summed E-state index contributed by atoms with van der Waals surface area (Å²) in [6.45, 7) is 7.82. The van der Waals surface area contributed by atoms with Crippen LogP contribution in [0.4, 0.5) is 0 Å². The normalized spacial score (nSPS) is 17.8. The number of nitrogens with one attached hydrogen (secondary N) is 1. The van der Waals surface area contributed by atoms with Crippen LogP contribution < -0.4 is 5.32 Å². The number of aryl methyl sites for hydroxylation is 1. The molecule has 1 aliphatic heterocycles. The Morgan fingerprint density at radius 2 is 2.31 bits per heavy atom. The summed E-state index contributed by atoms with van der Waals surface area (Å²) >= 11 is 1.79. The lowest BCUT2D eigenvalue weighted by molar-refractivity contribution is 0.281. The van der Waals surface area contributed by atoms with Crippen LogP contribution in [0.2, 0.25) is 0 Å². The molecule has 1 N–H and O–H groups in total. The molecule has 1 aromatic heterocycles. The summed E-state index contributed by atoms with van der Waals surface area (Å²) in [5.41, 5.74) is 1.25. The summed E-state index contributed by atoms with van der Waals surface area (Å²) in [6.07, 6.45) is 2.32. The Hall–Kier alpha value is -0.160. The van der Waals surface area contributed by atoms with E-state index in [0.717, 1.165) is 32.6 Å². The van der Waals surface area contributed by atoms with Crippen molar-refractivity contribution in [2.24, 2.45) is 0 Å². The molecule has 2 heterocycles. The molecule has 1 fully saturated rings. The van der Waals surface area contributed by atoms with E-state index >= 15 is 0 Å². The summed E-state index contributed by atoms with van der Waals surface area (Å²) in [5.74, 6) is 0. The lowest BCUT2D eigenvalue weighted by Gasteiger charge is -2.17. The van der Waals surface area contributed by atoms with Gasteiger partial charge in [0.25, 0.3) is 0 Å². The Bertz CT molecular complexity index is 295. The Labute approximate surface area is 108 Å². The van der Waals surface area contributed by atoms with Crippen molar-refractivity contribution in [3.8, 4) is 0 Å². The molecule has 16 heavy (non-hydrogen) atoms. The van der Waals surface area contributed by atoms with E-state index in [1.807, 2.05) is 0 Å². The lowest BCUT2D eigenvalue weighted by Crippen LogP contribution is -2.27. The van der Waals surface area contributed by atoms with Crippen LogP contribution in [0.3, 0.4) is 0 Å². The van der Waals surface area contributed by atoms with Gasteiger partial charge in [-0.1, -0.05) is 6.92 Å². The second kappa shape index (κ2) is 7.22. The Kier molecular flexibility index (Phi) is 6.28. The summed E-state index contributed by atoms with van der Waals surface area (Å²) in [4.78, 5) is 7.10. The van der Waals surface area contributed by atoms with Crippen molar-refractivity contribution < 1.29 is 0 Å². The highest BCUT2D eigenvalue weighted by molar-refractivity contribution is 7.09. The zero-order chi connectivity index (χ0) is 10.5. The molecule has 0 unspecified atom stereocenters. The van der Waals surface area contributed by atoms with E-state index in [2.05, 4.69) is 27.5 Å². The Morgan fingerprint density at radius 1 is 1.44 bits per heavy atom. The third-order valence-corrected chi connectivity index (χ3v) is 3.76. The number of thiazole rings is 1. The first kappa shape index (κ1) is 13.9. The molecule has 0 aliphatic carbocycles. The fraction of sp³-hybridized carbons (Fsp3) is 0.727. The molecule has 1 aromatic rings. The van der Waals surface area contributed by atoms with Gasteiger partial charge in [0, 0.05) is 25.0 Å². The van der Waals surface area contributed by atoms with Crippen molar-refractivity contribution >= 4 is 23.7 Å². The molecular weight excluding hydrogens is 242 g/mol. The molecule has 0 amide bonds. The van der Waals surface area contributed by atoms with Gasteiger partial charge in [-0.3, -0.25) is 4.90 Å². The summed E-state index contributed by atoms with van der Waals surface area (Å²) in [7, 11) is 0. The molecule has 3 nitrogen and oxygen atoms in total. The third-order valence-electron chi connectivity index (χ3n) is 2.72. The fourth-order valence-electron chi connectivity index (χ4n) is 1.87. The van der Waals surface area contributed by atoms with E-state index in [1.165, 1.54) is 23.7 Å². The zero-order valence-corrected chi connectivity index (χ0v) is 11.4. The molecule has 2 rings (SSSR count). The molecule has 0 radical (unpaired) electrons. The van der Waals surface area contributed by atoms with Crippen molar-refractivity contribution in [1.29, 1.82) is 0 Å². The lowest BCUT2D eigenvalue weighted by atomic mass is 10.3. The first-order chi connectivity index (χ1) is 7.38. The average Bonchev–Trinajstić information content (AvgIpc) is 2.54. The van der Waals surface area contributed by atoms with Crippen molar-refractivity contribution in [3.05, 3.63) is 16.1 Å². The van der Waals surface area contributed by atoms with Gasteiger partial charge in [0.05, 0.1) is 10.7 Å². The van der Waals surface area contributed by atoms with Crippen molar-refractivity contribution in [2.75, 3.05) is 26.2 Å². The molecule has 0 spiro atoms. The van der Waals surface area contributed by atoms with Gasteiger partial charge in [0.1, 0.15) is 0 Å². The van der Waals surface area contributed by atoms with Gasteiger partial charge in [-0.05, 0) is 25.9 Å². The molecule has 0 saturated carbocycles. The predicted octanol–water partition coefficient (Wildman–Crippen LogP) is 1.92. The fourth-order valence-corrected chi connectivity index (χ4v) is 2.61. The number of aromatic nitrogens is 1. The van der Waals surface area contributed by atoms with Crippen LogP contribution in [-0.2, 0) is 13.0 Å². The van der Waals surface area contributed by atoms with Gasteiger partial charge in [0.15, 0.2) is 0 Å². The zero-order valence-electron chi connectivity index (χ0n) is 9.74. The maximum Gasteiger partial charge on any atom is 0.0926 e. The van der Waals surface area contributed by atoms with Crippen LogP contribution in [-0.4, -0.2) is 36.1 Å². The standard InChI is InChI=1S/C11H19N3S.ClH/c1-2-11-13-10(9-15-11)8-14-6-3-4-12-5-7-14;/h9,12H,2-8H2,1H3;1H. The number of rotatable bonds is 3. The molecule has 1 saturated heterocycles. The minimum atomic E-state index is 0. The molecule has 0 aromatic carbocycles. The van der Waals surface area contributed by atoms with E-state index in [0.29, 0.717) is 0 Å². The van der Waals surface area contributed by atoms with Crippen molar-refractivity contribution in [2.45, 2.75) is 26.3 Å². The van der Waals surface area contributed by atoms with Gasteiger partial charge >= 0.3 is 0 Å². The van der Waals surface area contributed by atoms with Crippen LogP contribution >= 0.6 is 23.7 Å². The minimum absolute atomic E-state index is 0. The molecule has 92 valence electrons. The smallest absolute Gasteiger partial charge is 0.0926 e. The number of nitrogens with zero attached hydrogens (tertiary/aromatic N) is 2. The SMILES string of the molecule is CCc1nc(CN2CCCNCC2)cs1.Cl. The first-order valence-electron chi connectivity index (χ1n) is 5.75. The third kappa shape index (κ3) is 4.01. The van der Waals surface area contributed by atoms with Crippen molar-refractivity contribution in [1.82, 2.24) is 15.2 Å². The second-order valence-corrected chi connectivity index (χ2v) is 4.91. The Morgan fingerprint density at radius 3 is 3.06 bits per heavy atom. The highest BCUT2D eigenvalue weighted by Crippen LogP contribution is 2.12. The minimum Gasteiger partial charge on any atom is -0.315 e. The highest BCUT2D eigenvalue weighted by Gasteiger charge is 2.10. The van der Waals surface area contributed by atoms with E-state index < -0.39 is 0 Å². The molecule has 0 atom stereocenters. The quantitative estimate of drug-likeness (QED) is 0.901. The Balaban J connectivity index is 0.00000128. The van der Waals surface area contributed by atoms with E-state index in [4.69, 9.17) is 0 Å². The van der Waals surface area contributed by atoms with Crippen LogP contribution in [0.5, 0.6) is 0 Å². The predicted molar refractivity (Wildman–Crippen MR) is 71.5 cm³/mol. The number of hydrogen-bond acceptors (Lipinski definition) is 4. The van der Waals surface area contributed by atoms with Crippen LogP contribution in [0.15, 0.2) is 5.38 Å². The van der Waals surface area contributed by atoms with Gasteiger partial charge in [-0.15, -0.1) is 23.7 Å². The monoisotopic (exact) mass is 261 g/mol. The summed E-state index contributed by atoms with van der Waals surface area (Å²) in [6, 6.07) is 0. The van der Waals surface area contributed by atoms with E-state index in [1.54, 1.807) is 11.3 Å². The van der Waals surface area contributed by atoms with Gasteiger partial charge in [-0.2, -0.15) is 0 Å². The summed E-state index contributed by atoms with van der Waals surface area (Å²) < 4.78 is 0. The number of halogens is 1. The maximum absolute atomic E-state index is 4.61. The highest BCUT2D eigenvalue weighted by atomic mass is 35.5. The van der Waals surface area contributed by atoms with E-state index in [9.17, 15) is 0 Å². The number of hydrogen-bond donors (Lipinski definition) is 1. The van der Waals surface area contributed by atoms with Gasteiger partial charge in [0.2, 0.25) is 0 Å². The van der Waals surface area contributed by atoms with E-state index in [-0.39, 0.29) is 12.4 Å². The summed E-state index contributed by atoms with van der Waals surface area (Å²) in [5, 5.41) is 6.89. The topological polar surface area (TPSA) is 28.2 Å². The second-order valence-electron chi connectivity index (χ2n) is 3.97. The van der Waals surface area contributed by atoms with Crippen molar-refractivity contribution in [3.63, 3.8) is 0 Å². The molecule has 0 bridgehead atoms. The van der Waals surface area contributed by atoms with Gasteiger partial charge in [-0.25, -0.2) is 4.98 Å². The van der Waals surface area contributed by atoms with Crippen LogP contribution in [0, 0.1) is 0 Å². The first-order valence-corrected chi connectivity index (χ1v) is 6.63. The van der Waals surface area contributed by atoms with Crippen LogP contribution in [0.25, 0.3) is 0 Å².